The second-order valence-corrected chi connectivity index (χ2v) is 8.17. The molecular weight excluding hydrogens is 398 g/mol. The number of benzene rings is 2. The molecule has 1 amide bonds. The Morgan fingerprint density at radius 3 is 2.44 bits per heavy atom. The highest BCUT2D eigenvalue weighted by atomic mass is 35.5. The third-order valence-corrected chi connectivity index (χ3v) is 5.67. The minimum atomic E-state index is -0.166. The third-order valence-electron chi connectivity index (χ3n) is 4.11. The molecule has 2 heterocycles. The van der Waals surface area contributed by atoms with Crippen molar-refractivity contribution in [3.63, 3.8) is 0 Å². The maximum Gasteiger partial charge on any atom is 0.270 e. The van der Waals surface area contributed by atoms with Gasteiger partial charge in [0.1, 0.15) is 11.5 Å². The van der Waals surface area contributed by atoms with E-state index < -0.39 is 0 Å². The summed E-state index contributed by atoms with van der Waals surface area (Å²) in [5.74, 6) is 1.21. The molecule has 0 bridgehead atoms. The van der Waals surface area contributed by atoms with E-state index in [1.54, 1.807) is 30.3 Å². The number of carbonyl (C=O) groups excluding carboxylic acids is 1. The Hall–Kier alpha value is -2.34. The summed E-state index contributed by atoms with van der Waals surface area (Å²) >= 11 is 12.6. The lowest BCUT2D eigenvalue weighted by atomic mass is 10.1. The Kier molecular flexibility index (Phi) is 4.91. The predicted octanol–water partition coefficient (Wildman–Crippen LogP) is 6.31. The lowest BCUT2D eigenvalue weighted by Gasteiger charge is -2.14. The Morgan fingerprint density at radius 2 is 1.74 bits per heavy atom. The molecule has 2 aromatic carbocycles. The number of hydrogen-bond donors (Lipinski definition) is 0. The topological polar surface area (TPSA) is 33.5 Å². The Morgan fingerprint density at radius 1 is 1.04 bits per heavy atom. The second kappa shape index (κ2) is 7.35. The van der Waals surface area contributed by atoms with Crippen molar-refractivity contribution in [2.24, 2.45) is 0 Å². The number of carbonyl (C=O) groups is 1. The maximum absolute atomic E-state index is 12.8. The summed E-state index contributed by atoms with van der Waals surface area (Å²) in [6.45, 7) is 2.04. The van der Waals surface area contributed by atoms with Crippen LogP contribution in [0.15, 0.2) is 70.0 Å². The van der Waals surface area contributed by atoms with Crippen molar-refractivity contribution in [3.8, 4) is 11.3 Å². The van der Waals surface area contributed by atoms with Crippen LogP contribution in [0.25, 0.3) is 17.4 Å². The van der Waals surface area contributed by atoms with Gasteiger partial charge < -0.3 is 4.42 Å². The maximum atomic E-state index is 12.8. The predicted molar refractivity (Wildman–Crippen MR) is 116 cm³/mol. The van der Waals surface area contributed by atoms with Crippen molar-refractivity contribution in [2.45, 2.75) is 6.92 Å². The highest BCUT2D eigenvalue weighted by Crippen LogP contribution is 2.37. The number of nitrogens with zero attached hydrogens (tertiary/aromatic N) is 1. The summed E-state index contributed by atoms with van der Waals surface area (Å²) in [4.78, 5) is 14.8. The summed E-state index contributed by atoms with van der Waals surface area (Å²) < 4.78 is 6.38. The summed E-state index contributed by atoms with van der Waals surface area (Å²) in [5, 5.41) is 0.610. The molecule has 27 heavy (non-hydrogen) atoms. The van der Waals surface area contributed by atoms with Gasteiger partial charge in [-0.2, -0.15) is 0 Å². The van der Waals surface area contributed by atoms with Crippen LogP contribution in [0.2, 0.25) is 5.02 Å². The lowest BCUT2D eigenvalue weighted by Crippen LogP contribution is -2.27. The smallest absolute Gasteiger partial charge is 0.270 e. The molecule has 0 radical (unpaired) electrons. The highest BCUT2D eigenvalue weighted by molar-refractivity contribution is 8.27. The molecule has 6 heteroatoms. The fraction of sp³-hybridized carbons (Fsp3) is 0.0476. The van der Waals surface area contributed by atoms with E-state index in [0.717, 1.165) is 11.3 Å². The summed E-state index contributed by atoms with van der Waals surface area (Å²) in [7, 11) is 0. The molecule has 134 valence electrons. The molecule has 0 spiro atoms. The molecule has 3 nitrogen and oxygen atoms in total. The zero-order chi connectivity index (χ0) is 19.0. The van der Waals surface area contributed by atoms with Gasteiger partial charge in [0.15, 0.2) is 4.32 Å². The van der Waals surface area contributed by atoms with E-state index in [0.29, 0.717) is 25.7 Å². The highest BCUT2D eigenvalue weighted by Gasteiger charge is 2.33. The van der Waals surface area contributed by atoms with Crippen LogP contribution in [-0.2, 0) is 4.79 Å². The first-order valence-electron chi connectivity index (χ1n) is 8.22. The minimum absolute atomic E-state index is 0.166. The SMILES string of the molecule is Cc1ccc(-c2ccc(/C=C3\SC(=S)N(c4ccc(Cl)cc4)C3=O)o2)cc1. The van der Waals surface area contributed by atoms with Gasteiger partial charge in [0.2, 0.25) is 0 Å². The van der Waals surface area contributed by atoms with Crippen LogP contribution < -0.4 is 4.90 Å². The van der Waals surface area contributed by atoms with Crippen LogP contribution in [0.5, 0.6) is 0 Å². The van der Waals surface area contributed by atoms with Gasteiger partial charge in [-0.3, -0.25) is 9.69 Å². The van der Waals surface area contributed by atoms with Crippen LogP contribution in [0.1, 0.15) is 11.3 Å². The molecule has 0 unspecified atom stereocenters. The zero-order valence-electron chi connectivity index (χ0n) is 14.3. The number of aryl methyl sites for hydroxylation is 1. The second-order valence-electron chi connectivity index (χ2n) is 6.06. The average molecular weight is 412 g/mol. The van der Waals surface area contributed by atoms with Crippen LogP contribution >= 0.6 is 35.6 Å². The van der Waals surface area contributed by atoms with E-state index in [1.165, 1.54) is 22.2 Å². The summed E-state index contributed by atoms with van der Waals surface area (Å²) in [6, 6.07) is 18.9. The van der Waals surface area contributed by atoms with Crippen molar-refractivity contribution >= 4 is 57.6 Å². The fourth-order valence-electron chi connectivity index (χ4n) is 2.71. The molecule has 1 fully saturated rings. The van der Waals surface area contributed by atoms with Gasteiger partial charge >= 0.3 is 0 Å². The van der Waals surface area contributed by atoms with Gasteiger partial charge in [-0.25, -0.2) is 0 Å². The van der Waals surface area contributed by atoms with Gasteiger partial charge in [0, 0.05) is 16.7 Å². The Labute approximate surface area is 171 Å². The summed E-state index contributed by atoms with van der Waals surface area (Å²) in [6.07, 6.45) is 1.73. The van der Waals surface area contributed by atoms with E-state index in [2.05, 4.69) is 0 Å². The van der Waals surface area contributed by atoms with Crippen molar-refractivity contribution in [1.82, 2.24) is 0 Å². The van der Waals surface area contributed by atoms with Crippen LogP contribution in [0, 0.1) is 6.92 Å². The van der Waals surface area contributed by atoms with E-state index in [1.807, 2.05) is 43.3 Å². The van der Waals surface area contributed by atoms with Gasteiger partial charge in [-0.1, -0.05) is 65.4 Å². The zero-order valence-corrected chi connectivity index (χ0v) is 16.7. The Balaban J connectivity index is 1.59. The first-order chi connectivity index (χ1) is 13.0. The number of hydrogen-bond acceptors (Lipinski definition) is 4. The van der Waals surface area contributed by atoms with Gasteiger partial charge in [0.05, 0.1) is 10.6 Å². The van der Waals surface area contributed by atoms with Gasteiger partial charge in [-0.15, -0.1) is 0 Å². The van der Waals surface area contributed by atoms with E-state index in [9.17, 15) is 4.79 Å². The van der Waals surface area contributed by atoms with Crippen molar-refractivity contribution in [1.29, 1.82) is 0 Å². The van der Waals surface area contributed by atoms with Crippen molar-refractivity contribution in [3.05, 3.63) is 81.9 Å². The van der Waals surface area contributed by atoms with Gasteiger partial charge in [0.25, 0.3) is 5.91 Å². The Bertz CT molecular complexity index is 1050. The van der Waals surface area contributed by atoms with Crippen molar-refractivity contribution < 1.29 is 9.21 Å². The average Bonchev–Trinajstić information content (AvgIpc) is 3.22. The molecule has 3 aromatic rings. The number of thiocarbonyl (C=S) groups is 1. The van der Waals surface area contributed by atoms with Crippen LogP contribution in [-0.4, -0.2) is 10.2 Å². The largest absolute Gasteiger partial charge is 0.457 e. The molecule has 0 atom stereocenters. The monoisotopic (exact) mass is 411 g/mol. The first-order valence-corrected chi connectivity index (χ1v) is 9.82. The first kappa shape index (κ1) is 18.0. The lowest BCUT2D eigenvalue weighted by molar-refractivity contribution is -0.113. The molecule has 1 aromatic heterocycles. The van der Waals surface area contributed by atoms with E-state index in [-0.39, 0.29) is 5.91 Å². The number of rotatable bonds is 3. The number of anilines is 1. The molecule has 1 aliphatic rings. The van der Waals surface area contributed by atoms with E-state index >= 15 is 0 Å². The van der Waals surface area contributed by atoms with Gasteiger partial charge in [-0.05, 0) is 43.3 Å². The molecular formula is C21H14ClNO2S2. The fourth-order valence-corrected chi connectivity index (χ4v) is 4.12. The molecule has 0 N–H and O–H groups in total. The summed E-state index contributed by atoms with van der Waals surface area (Å²) in [5.41, 5.74) is 2.88. The molecule has 0 saturated carbocycles. The van der Waals surface area contributed by atoms with Crippen LogP contribution in [0.3, 0.4) is 0 Å². The minimum Gasteiger partial charge on any atom is -0.457 e. The standard InChI is InChI=1S/C21H14ClNO2S2/c1-13-2-4-14(5-3-13)18-11-10-17(25-18)12-19-20(24)23(21(26)27-19)16-8-6-15(22)7-9-16/h2-12H,1H3/b19-12-. The molecule has 1 saturated heterocycles. The molecule has 1 aliphatic heterocycles. The number of furan rings is 1. The molecule has 4 rings (SSSR count). The quantitative estimate of drug-likeness (QED) is 0.373. The molecule has 0 aliphatic carbocycles. The number of amides is 1. The number of thioether (sulfide) groups is 1. The van der Waals surface area contributed by atoms with E-state index in [4.69, 9.17) is 28.2 Å². The normalized spacial score (nSPS) is 15.8. The van der Waals surface area contributed by atoms with Crippen LogP contribution in [0.4, 0.5) is 5.69 Å². The number of halogens is 1. The van der Waals surface area contributed by atoms with Crippen molar-refractivity contribution in [2.75, 3.05) is 4.90 Å². The third kappa shape index (κ3) is 3.72.